The van der Waals surface area contributed by atoms with Crippen molar-refractivity contribution in [3.63, 3.8) is 0 Å². The largest absolute Gasteiger partial charge is 0.481 e. The van der Waals surface area contributed by atoms with Crippen LogP contribution in [-0.2, 0) is 5.60 Å². The molecule has 2 amide bonds. The summed E-state index contributed by atoms with van der Waals surface area (Å²) in [6.45, 7) is 2.74. The smallest absolute Gasteiger partial charge is 0.322 e. The highest BCUT2D eigenvalue weighted by Crippen LogP contribution is 2.34. The molecule has 0 radical (unpaired) electrons. The van der Waals surface area contributed by atoms with Crippen molar-refractivity contribution in [1.29, 1.82) is 0 Å². The minimum Gasteiger partial charge on any atom is -0.481 e. The highest BCUT2D eigenvalue weighted by atomic mass is 16.5. The Bertz CT molecular complexity index is 733. The molecule has 0 aliphatic carbocycles. The summed E-state index contributed by atoms with van der Waals surface area (Å²) in [5.74, 6) is 0.489. The number of β-amino-alcohol motifs (C(OH)–C–C–N with tert-alkyl or cyclic N) is 1. The fourth-order valence-corrected chi connectivity index (χ4v) is 3.06. The highest BCUT2D eigenvalue weighted by molar-refractivity contribution is 5.89. The lowest BCUT2D eigenvalue weighted by molar-refractivity contribution is 0.0494. The van der Waals surface area contributed by atoms with Crippen LogP contribution in [0.1, 0.15) is 17.5 Å². The molecule has 1 fully saturated rings. The predicted molar refractivity (Wildman–Crippen MR) is 91.1 cm³/mol. The molecular formula is C18H21N3O3. The van der Waals surface area contributed by atoms with Crippen molar-refractivity contribution in [2.75, 3.05) is 25.5 Å². The van der Waals surface area contributed by atoms with Gasteiger partial charge in [-0.25, -0.2) is 9.78 Å². The molecule has 1 aliphatic heterocycles. The van der Waals surface area contributed by atoms with Crippen LogP contribution in [0.3, 0.4) is 0 Å². The number of likely N-dealkylation sites (tertiary alicyclic amines) is 1. The number of hydrogen-bond acceptors (Lipinski definition) is 4. The molecule has 126 valence electrons. The molecule has 2 heterocycles. The first-order valence-electron chi connectivity index (χ1n) is 7.86. The number of rotatable bonds is 3. The summed E-state index contributed by atoms with van der Waals surface area (Å²) >= 11 is 0. The third kappa shape index (κ3) is 3.19. The number of anilines is 1. The van der Waals surface area contributed by atoms with Crippen molar-refractivity contribution in [2.24, 2.45) is 0 Å². The van der Waals surface area contributed by atoms with Gasteiger partial charge in [0.15, 0.2) is 0 Å². The molecule has 3 rings (SSSR count). The molecule has 1 atom stereocenters. The Labute approximate surface area is 141 Å². The molecule has 2 aromatic rings. The summed E-state index contributed by atoms with van der Waals surface area (Å²) in [6, 6.07) is 10.9. The van der Waals surface area contributed by atoms with E-state index in [1.54, 1.807) is 23.2 Å². The van der Waals surface area contributed by atoms with Crippen LogP contribution in [0.5, 0.6) is 5.88 Å². The minimum absolute atomic E-state index is 0.244. The van der Waals surface area contributed by atoms with Gasteiger partial charge in [0.2, 0.25) is 5.88 Å². The van der Waals surface area contributed by atoms with Gasteiger partial charge in [0.1, 0.15) is 5.60 Å². The van der Waals surface area contributed by atoms with Gasteiger partial charge in [-0.05, 0) is 30.5 Å². The number of nitrogens with zero attached hydrogens (tertiary/aromatic N) is 2. The van der Waals surface area contributed by atoms with Crippen molar-refractivity contribution < 1.29 is 14.6 Å². The number of amides is 2. The number of aromatic nitrogens is 1. The van der Waals surface area contributed by atoms with Crippen molar-refractivity contribution in [1.82, 2.24) is 9.88 Å². The number of hydrogen-bond donors (Lipinski definition) is 2. The van der Waals surface area contributed by atoms with Gasteiger partial charge in [-0.3, -0.25) is 0 Å². The summed E-state index contributed by atoms with van der Waals surface area (Å²) in [4.78, 5) is 18.1. The second kappa shape index (κ2) is 6.49. The Balaban J connectivity index is 1.68. The summed E-state index contributed by atoms with van der Waals surface area (Å²) in [5, 5.41) is 13.7. The zero-order valence-corrected chi connectivity index (χ0v) is 13.8. The normalized spacial score (nSPS) is 20.0. The van der Waals surface area contributed by atoms with Crippen molar-refractivity contribution in [2.45, 2.75) is 18.9 Å². The molecule has 6 nitrogen and oxygen atoms in total. The molecule has 1 aromatic heterocycles. The van der Waals surface area contributed by atoms with Gasteiger partial charge in [-0.2, -0.15) is 0 Å². The maximum atomic E-state index is 12.4. The molecule has 2 N–H and O–H groups in total. The number of methoxy groups -OCH3 is 1. The number of aryl methyl sites for hydroxylation is 1. The maximum Gasteiger partial charge on any atom is 0.322 e. The number of nitrogens with one attached hydrogen (secondary N) is 1. The van der Waals surface area contributed by atoms with Gasteiger partial charge in [0.25, 0.3) is 0 Å². The molecule has 0 saturated carbocycles. The number of ether oxygens (including phenoxy) is 1. The molecule has 1 saturated heterocycles. The van der Waals surface area contributed by atoms with Gasteiger partial charge in [0, 0.05) is 12.6 Å². The van der Waals surface area contributed by atoms with E-state index in [9.17, 15) is 9.90 Å². The third-order valence-corrected chi connectivity index (χ3v) is 4.38. The zero-order valence-electron chi connectivity index (χ0n) is 13.8. The second-order valence-corrected chi connectivity index (χ2v) is 6.04. The number of benzene rings is 1. The zero-order chi connectivity index (χ0) is 17.2. The van der Waals surface area contributed by atoms with E-state index >= 15 is 0 Å². The average molecular weight is 327 g/mol. The van der Waals surface area contributed by atoms with Crippen molar-refractivity contribution >= 4 is 11.7 Å². The molecule has 24 heavy (non-hydrogen) atoms. The predicted octanol–water partition coefficient (Wildman–Crippen LogP) is 2.52. The van der Waals surface area contributed by atoms with E-state index in [1.807, 2.05) is 31.2 Å². The Hall–Kier alpha value is -2.60. The lowest BCUT2D eigenvalue weighted by atomic mass is 9.89. The number of pyridine rings is 1. The van der Waals surface area contributed by atoms with Crippen molar-refractivity contribution in [3.05, 3.63) is 53.7 Å². The van der Waals surface area contributed by atoms with Crippen LogP contribution in [0.4, 0.5) is 10.5 Å². The van der Waals surface area contributed by atoms with Gasteiger partial charge in [-0.1, -0.05) is 24.3 Å². The van der Waals surface area contributed by atoms with Crippen LogP contribution >= 0.6 is 0 Å². The second-order valence-electron chi connectivity index (χ2n) is 6.04. The van der Waals surface area contributed by atoms with E-state index in [0.717, 1.165) is 11.1 Å². The summed E-state index contributed by atoms with van der Waals surface area (Å²) in [5.41, 5.74) is 1.50. The topological polar surface area (TPSA) is 74.7 Å². The highest BCUT2D eigenvalue weighted by Gasteiger charge is 2.40. The molecule has 0 unspecified atom stereocenters. The van der Waals surface area contributed by atoms with E-state index in [0.29, 0.717) is 24.5 Å². The SMILES string of the molecule is COc1ccc(NC(=O)N2CC[C@@](O)(c3ccccc3C)C2)cn1. The van der Waals surface area contributed by atoms with E-state index in [2.05, 4.69) is 10.3 Å². The summed E-state index contributed by atoms with van der Waals surface area (Å²) < 4.78 is 4.99. The van der Waals surface area contributed by atoms with Gasteiger partial charge >= 0.3 is 6.03 Å². The van der Waals surface area contributed by atoms with E-state index < -0.39 is 5.60 Å². The Morgan fingerprint density at radius 3 is 2.79 bits per heavy atom. The number of urea groups is 1. The van der Waals surface area contributed by atoms with E-state index in [1.165, 1.54) is 7.11 Å². The van der Waals surface area contributed by atoms with Gasteiger partial charge in [0.05, 0.1) is 25.5 Å². The van der Waals surface area contributed by atoms with Gasteiger partial charge < -0.3 is 20.1 Å². The molecule has 1 aliphatic rings. The fraction of sp³-hybridized carbons (Fsp3) is 0.333. The van der Waals surface area contributed by atoms with Crippen LogP contribution in [0.15, 0.2) is 42.6 Å². The molecule has 1 aromatic carbocycles. The van der Waals surface area contributed by atoms with Crippen LogP contribution < -0.4 is 10.1 Å². The Morgan fingerprint density at radius 1 is 1.33 bits per heavy atom. The first-order chi connectivity index (χ1) is 11.5. The first-order valence-corrected chi connectivity index (χ1v) is 7.86. The lowest BCUT2D eigenvalue weighted by Crippen LogP contribution is -2.37. The standard InChI is InChI=1S/C18H21N3O3/c1-13-5-3-4-6-15(13)18(23)9-10-21(12-18)17(22)20-14-7-8-16(24-2)19-11-14/h3-8,11,23H,9-10,12H2,1-2H3,(H,20,22)/t18-/m0/s1. The van der Waals surface area contributed by atoms with E-state index in [4.69, 9.17) is 4.74 Å². The molecule has 0 spiro atoms. The van der Waals surface area contributed by atoms with Crippen LogP contribution in [0, 0.1) is 6.92 Å². The first kappa shape index (κ1) is 16.3. The average Bonchev–Trinajstić information content (AvgIpc) is 2.99. The Kier molecular flexibility index (Phi) is 4.40. The summed E-state index contributed by atoms with van der Waals surface area (Å²) in [7, 11) is 1.54. The maximum absolute atomic E-state index is 12.4. The lowest BCUT2D eigenvalue weighted by Gasteiger charge is -2.25. The number of carbonyl (C=O) groups excluding carboxylic acids is 1. The minimum atomic E-state index is -0.999. The number of aliphatic hydroxyl groups is 1. The Morgan fingerprint density at radius 2 is 2.12 bits per heavy atom. The van der Waals surface area contributed by atoms with Gasteiger partial charge in [-0.15, -0.1) is 0 Å². The monoisotopic (exact) mass is 327 g/mol. The van der Waals surface area contributed by atoms with Crippen LogP contribution in [0.25, 0.3) is 0 Å². The third-order valence-electron chi connectivity index (χ3n) is 4.38. The fourth-order valence-electron chi connectivity index (χ4n) is 3.06. The molecule has 0 bridgehead atoms. The molecular weight excluding hydrogens is 306 g/mol. The quantitative estimate of drug-likeness (QED) is 0.908. The van der Waals surface area contributed by atoms with E-state index in [-0.39, 0.29) is 12.6 Å². The summed E-state index contributed by atoms with van der Waals surface area (Å²) in [6.07, 6.45) is 2.06. The van der Waals surface area contributed by atoms with Crippen LogP contribution in [-0.4, -0.2) is 41.2 Å². The van der Waals surface area contributed by atoms with Crippen LogP contribution in [0.2, 0.25) is 0 Å². The molecule has 6 heteroatoms. The van der Waals surface area contributed by atoms with Crippen molar-refractivity contribution in [3.8, 4) is 5.88 Å². The number of carbonyl (C=O) groups is 1.